The number of hydrogen-bond acceptors (Lipinski definition) is 5. The number of nitrogens with zero attached hydrogens (tertiary/aromatic N) is 4. The minimum Gasteiger partial charge on any atom is -0.378 e. The number of unbranched alkanes of at least 4 members (excludes halogenated alkanes) is 3. The maximum absolute atomic E-state index is 13.7. The number of morpholine rings is 1. The molecule has 0 saturated carbocycles. The van der Waals surface area contributed by atoms with E-state index in [4.69, 9.17) is 14.7 Å². The van der Waals surface area contributed by atoms with Crippen LogP contribution < -0.4 is 4.90 Å². The molecule has 1 amide bonds. The normalized spacial score (nSPS) is 16.2. The van der Waals surface area contributed by atoms with Gasteiger partial charge in [0.15, 0.2) is 0 Å². The van der Waals surface area contributed by atoms with Crippen molar-refractivity contribution in [3.63, 3.8) is 0 Å². The van der Waals surface area contributed by atoms with Crippen LogP contribution in [0.3, 0.4) is 0 Å². The van der Waals surface area contributed by atoms with Crippen molar-refractivity contribution < 1.29 is 13.9 Å². The van der Waals surface area contributed by atoms with Crippen molar-refractivity contribution in [1.82, 2.24) is 14.9 Å². The third kappa shape index (κ3) is 5.63. The van der Waals surface area contributed by atoms with Gasteiger partial charge in [0.1, 0.15) is 17.5 Å². The molecular formula is C25H33FN4O2. The molecule has 0 atom stereocenters. The molecule has 0 radical (unpaired) electrons. The summed E-state index contributed by atoms with van der Waals surface area (Å²) >= 11 is 0. The predicted molar refractivity (Wildman–Crippen MR) is 122 cm³/mol. The molecule has 0 bridgehead atoms. The van der Waals surface area contributed by atoms with E-state index in [1.807, 2.05) is 11.0 Å². The van der Waals surface area contributed by atoms with Gasteiger partial charge in [0.25, 0.3) is 0 Å². The first-order chi connectivity index (χ1) is 15.6. The van der Waals surface area contributed by atoms with Crippen molar-refractivity contribution in [2.24, 2.45) is 0 Å². The second-order valence-electron chi connectivity index (χ2n) is 8.67. The fourth-order valence-electron chi connectivity index (χ4n) is 4.47. The number of carbonyl (C=O) groups excluding carboxylic acids is 1. The molecule has 0 aliphatic carbocycles. The second-order valence-corrected chi connectivity index (χ2v) is 8.67. The number of carbonyl (C=O) groups is 1. The lowest BCUT2D eigenvalue weighted by Gasteiger charge is -2.34. The van der Waals surface area contributed by atoms with Gasteiger partial charge in [-0.2, -0.15) is 0 Å². The summed E-state index contributed by atoms with van der Waals surface area (Å²) in [4.78, 5) is 26.8. The van der Waals surface area contributed by atoms with Gasteiger partial charge in [-0.25, -0.2) is 14.4 Å². The zero-order valence-corrected chi connectivity index (χ0v) is 19.0. The molecule has 7 heteroatoms. The number of halogens is 1. The van der Waals surface area contributed by atoms with E-state index >= 15 is 0 Å². The smallest absolute Gasteiger partial charge is 0.222 e. The Morgan fingerprint density at radius 2 is 1.97 bits per heavy atom. The third-order valence-electron chi connectivity index (χ3n) is 6.24. The summed E-state index contributed by atoms with van der Waals surface area (Å²) in [5, 5.41) is 0. The Kier molecular flexibility index (Phi) is 7.68. The highest BCUT2D eigenvalue weighted by molar-refractivity contribution is 5.76. The van der Waals surface area contributed by atoms with Crippen LogP contribution in [0.4, 0.5) is 10.2 Å². The predicted octanol–water partition coefficient (Wildman–Crippen LogP) is 3.90. The molecule has 1 aromatic carbocycles. The zero-order chi connectivity index (χ0) is 22.3. The monoisotopic (exact) mass is 440 g/mol. The lowest BCUT2D eigenvalue weighted by Crippen LogP contribution is -2.41. The van der Waals surface area contributed by atoms with E-state index in [9.17, 15) is 9.18 Å². The van der Waals surface area contributed by atoms with Crippen LogP contribution in [0, 0.1) is 5.82 Å². The molecule has 2 aliphatic heterocycles. The number of rotatable bonds is 8. The van der Waals surface area contributed by atoms with Crippen LogP contribution in [0.1, 0.15) is 61.7 Å². The Morgan fingerprint density at radius 1 is 1.12 bits per heavy atom. The van der Waals surface area contributed by atoms with Crippen molar-refractivity contribution in [1.29, 1.82) is 0 Å². The van der Waals surface area contributed by atoms with Gasteiger partial charge < -0.3 is 14.5 Å². The number of fused-ring (bicyclic) bond motifs is 1. The first-order valence-corrected chi connectivity index (χ1v) is 11.9. The summed E-state index contributed by atoms with van der Waals surface area (Å²) in [5.74, 6) is 1.59. The fourth-order valence-corrected chi connectivity index (χ4v) is 4.47. The molecule has 0 spiro atoms. The van der Waals surface area contributed by atoms with E-state index in [1.165, 1.54) is 25.0 Å². The molecular weight excluding hydrogens is 407 g/mol. The molecule has 3 heterocycles. The molecule has 172 valence electrons. The quantitative estimate of drug-likeness (QED) is 0.583. The van der Waals surface area contributed by atoms with Crippen LogP contribution in [0.25, 0.3) is 0 Å². The van der Waals surface area contributed by atoms with Crippen molar-refractivity contribution in [2.45, 2.75) is 58.4 Å². The van der Waals surface area contributed by atoms with E-state index in [0.29, 0.717) is 45.0 Å². The SMILES string of the molecule is CCCCCCC(=O)N1CCc2nc(Cc3cccc(F)c3)nc(N3CCOCC3)c2C1. The Hall–Kier alpha value is -2.54. The Bertz CT molecular complexity index is 930. The highest BCUT2D eigenvalue weighted by Crippen LogP contribution is 2.28. The van der Waals surface area contributed by atoms with Crippen molar-refractivity contribution in [3.8, 4) is 0 Å². The first-order valence-electron chi connectivity index (χ1n) is 11.9. The van der Waals surface area contributed by atoms with Crippen molar-refractivity contribution in [3.05, 3.63) is 52.7 Å². The lowest BCUT2D eigenvalue weighted by molar-refractivity contribution is -0.132. The number of hydrogen-bond donors (Lipinski definition) is 0. The zero-order valence-electron chi connectivity index (χ0n) is 19.0. The maximum Gasteiger partial charge on any atom is 0.222 e. The average Bonchev–Trinajstić information content (AvgIpc) is 2.81. The van der Waals surface area contributed by atoms with Gasteiger partial charge in [-0.1, -0.05) is 38.3 Å². The molecule has 0 N–H and O–H groups in total. The Labute approximate surface area is 189 Å². The highest BCUT2D eigenvalue weighted by Gasteiger charge is 2.28. The highest BCUT2D eigenvalue weighted by atomic mass is 19.1. The summed E-state index contributed by atoms with van der Waals surface area (Å²) in [5.41, 5.74) is 2.93. The van der Waals surface area contributed by atoms with Gasteiger partial charge in [-0.15, -0.1) is 0 Å². The van der Waals surface area contributed by atoms with Crippen LogP contribution in [-0.4, -0.2) is 53.6 Å². The molecule has 1 fully saturated rings. The van der Waals surface area contributed by atoms with Crippen molar-refractivity contribution in [2.75, 3.05) is 37.7 Å². The lowest BCUT2D eigenvalue weighted by atomic mass is 10.0. The van der Waals surface area contributed by atoms with Crippen LogP contribution in [0.15, 0.2) is 24.3 Å². The average molecular weight is 441 g/mol. The van der Waals surface area contributed by atoms with Gasteiger partial charge in [0.05, 0.1) is 25.5 Å². The van der Waals surface area contributed by atoms with Gasteiger partial charge in [0.2, 0.25) is 5.91 Å². The molecule has 4 rings (SSSR count). The van der Waals surface area contributed by atoms with Crippen LogP contribution >= 0.6 is 0 Å². The first kappa shape index (κ1) is 22.6. The van der Waals surface area contributed by atoms with Gasteiger partial charge >= 0.3 is 0 Å². The minimum atomic E-state index is -0.248. The Morgan fingerprint density at radius 3 is 2.75 bits per heavy atom. The summed E-state index contributed by atoms with van der Waals surface area (Å²) in [7, 11) is 0. The number of benzene rings is 1. The second kappa shape index (κ2) is 10.9. The summed E-state index contributed by atoms with van der Waals surface area (Å²) in [6.45, 7) is 6.31. The fraction of sp³-hybridized carbons (Fsp3) is 0.560. The summed E-state index contributed by atoms with van der Waals surface area (Å²) in [6.07, 6.45) is 6.24. The van der Waals surface area contributed by atoms with E-state index in [2.05, 4.69) is 11.8 Å². The van der Waals surface area contributed by atoms with E-state index in [1.54, 1.807) is 6.07 Å². The summed E-state index contributed by atoms with van der Waals surface area (Å²) < 4.78 is 19.2. The Balaban J connectivity index is 1.56. The molecule has 32 heavy (non-hydrogen) atoms. The number of anilines is 1. The molecule has 2 aliphatic rings. The molecule has 1 aromatic heterocycles. The van der Waals surface area contributed by atoms with Crippen LogP contribution in [0.2, 0.25) is 0 Å². The minimum absolute atomic E-state index is 0.225. The van der Waals surface area contributed by atoms with Crippen LogP contribution in [0.5, 0.6) is 0 Å². The van der Waals surface area contributed by atoms with E-state index in [0.717, 1.165) is 55.0 Å². The number of ether oxygens (including phenoxy) is 1. The standard InChI is InChI=1S/C25H33FN4O2/c1-2-3-4-5-9-24(31)30-11-10-22-21(18-30)25(29-12-14-32-15-13-29)28-23(27-22)17-19-7-6-8-20(26)16-19/h6-8,16H,2-5,9-15,17-18H2,1H3. The molecule has 0 unspecified atom stereocenters. The molecule has 2 aromatic rings. The molecule has 6 nitrogen and oxygen atoms in total. The van der Waals surface area contributed by atoms with Gasteiger partial charge in [0, 0.05) is 44.5 Å². The maximum atomic E-state index is 13.7. The van der Waals surface area contributed by atoms with Crippen LogP contribution in [-0.2, 0) is 28.9 Å². The number of amides is 1. The van der Waals surface area contributed by atoms with E-state index in [-0.39, 0.29) is 11.7 Å². The van der Waals surface area contributed by atoms with Gasteiger partial charge in [-0.3, -0.25) is 4.79 Å². The largest absolute Gasteiger partial charge is 0.378 e. The molecule has 1 saturated heterocycles. The van der Waals surface area contributed by atoms with Gasteiger partial charge in [-0.05, 0) is 24.1 Å². The number of aromatic nitrogens is 2. The van der Waals surface area contributed by atoms with E-state index < -0.39 is 0 Å². The van der Waals surface area contributed by atoms with Crippen molar-refractivity contribution >= 4 is 11.7 Å². The third-order valence-corrected chi connectivity index (χ3v) is 6.24. The topological polar surface area (TPSA) is 58.6 Å². The summed E-state index contributed by atoms with van der Waals surface area (Å²) in [6, 6.07) is 6.61.